The van der Waals surface area contributed by atoms with Crippen LogP contribution in [-0.2, 0) is 0 Å². The van der Waals surface area contributed by atoms with E-state index in [9.17, 15) is 9.18 Å². The van der Waals surface area contributed by atoms with Crippen LogP contribution in [0.5, 0.6) is 0 Å². The Morgan fingerprint density at radius 1 is 1.40 bits per heavy atom. The Morgan fingerprint density at radius 3 is 2.65 bits per heavy atom. The zero-order chi connectivity index (χ0) is 14.9. The van der Waals surface area contributed by atoms with Crippen molar-refractivity contribution in [1.29, 1.82) is 0 Å². The SMILES string of the molecule is Cc1cc(C(=O)Nc2cccc(F)c2C(N)=S)sc1C. The van der Waals surface area contributed by atoms with Crippen molar-refractivity contribution in [1.82, 2.24) is 0 Å². The summed E-state index contributed by atoms with van der Waals surface area (Å²) in [7, 11) is 0. The van der Waals surface area contributed by atoms with Gasteiger partial charge in [0.2, 0.25) is 0 Å². The topological polar surface area (TPSA) is 55.1 Å². The molecule has 0 aliphatic rings. The second-order valence-corrected chi connectivity index (χ2v) is 6.03. The fraction of sp³-hybridized carbons (Fsp3) is 0.143. The number of halogens is 1. The van der Waals surface area contributed by atoms with Gasteiger partial charge >= 0.3 is 0 Å². The molecule has 0 radical (unpaired) electrons. The van der Waals surface area contributed by atoms with Gasteiger partial charge in [-0.25, -0.2) is 4.39 Å². The van der Waals surface area contributed by atoms with E-state index < -0.39 is 5.82 Å². The van der Waals surface area contributed by atoms with Gasteiger partial charge in [0.05, 0.1) is 16.1 Å². The van der Waals surface area contributed by atoms with Crippen LogP contribution in [0.25, 0.3) is 0 Å². The lowest BCUT2D eigenvalue weighted by Crippen LogP contribution is -2.18. The lowest BCUT2D eigenvalue weighted by atomic mass is 10.1. The molecule has 0 spiro atoms. The molecule has 0 aliphatic heterocycles. The summed E-state index contributed by atoms with van der Waals surface area (Å²) in [6.07, 6.45) is 0. The predicted molar refractivity (Wildman–Crippen MR) is 84.0 cm³/mol. The Kier molecular flexibility index (Phi) is 4.15. The summed E-state index contributed by atoms with van der Waals surface area (Å²) in [5.41, 5.74) is 6.89. The Morgan fingerprint density at radius 2 is 2.10 bits per heavy atom. The predicted octanol–water partition coefficient (Wildman–Crippen LogP) is 3.39. The first-order valence-electron chi connectivity index (χ1n) is 5.87. The third-order valence-electron chi connectivity index (χ3n) is 2.90. The summed E-state index contributed by atoms with van der Waals surface area (Å²) < 4.78 is 13.7. The fourth-order valence-electron chi connectivity index (χ4n) is 1.75. The van der Waals surface area contributed by atoms with E-state index in [0.717, 1.165) is 10.4 Å². The van der Waals surface area contributed by atoms with Crippen LogP contribution in [0.15, 0.2) is 24.3 Å². The van der Waals surface area contributed by atoms with Crippen LogP contribution in [-0.4, -0.2) is 10.9 Å². The fourth-order valence-corrected chi connectivity index (χ4v) is 2.88. The molecule has 104 valence electrons. The van der Waals surface area contributed by atoms with Crippen molar-refractivity contribution < 1.29 is 9.18 Å². The highest BCUT2D eigenvalue weighted by molar-refractivity contribution is 7.80. The molecule has 3 nitrogen and oxygen atoms in total. The van der Waals surface area contributed by atoms with Gasteiger partial charge in [-0.05, 0) is 37.6 Å². The van der Waals surface area contributed by atoms with Gasteiger partial charge in [0.15, 0.2) is 0 Å². The number of carbonyl (C=O) groups excluding carboxylic acids is 1. The van der Waals surface area contributed by atoms with Crippen LogP contribution >= 0.6 is 23.6 Å². The van der Waals surface area contributed by atoms with Crippen molar-refractivity contribution in [3.05, 3.63) is 51.0 Å². The van der Waals surface area contributed by atoms with Gasteiger partial charge in [-0.1, -0.05) is 18.3 Å². The van der Waals surface area contributed by atoms with E-state index in [4.69, 9.17) is 18.0 Å². The number of hydrogen-bond acceptors (Lipinski definition) is 3. The Hall–Kier alpha value is -1.79. The van der Waals surface area contributed by atoms with Crippen molar-refractivity contribution in [2.45, 2.75) is 13.8 Å². The minimum Gasteiger partial charge on any atom is -0.389 e. The van der Waals surface area contributed by atoms with E-state index in [1.54, 1.807) is 12.1 Å². The number of rotatable bonds is 3. The molecule has 0 bridgehead atoms. The van der Waals surface area contributed by atoms with E-state index in [0.29, 0.717) is 4.88 Å². The van der Waals surface area contributed by atoms with Crippen LogP contribution in [0, 0.1) is 19.7 Å². The zero-order valence-electron chi connectivity index (χ0n) is 11.0. The number of aryl methyl sites for hydroxylation is 2. The largest absolute Gasteiger partial charge is 0.389 e. The van der Waals surface area contributed by atoms with Gasteiger partial charge in [-0.3, -0.25) is 4.79 Å². The summed E-state index contributed by atoms with van der Waals surface area (Å²) in [6, 6.07) is 6.12. The highest BCUT2D eigenvalue weighted by atomic mass is 32.1. The van der Waals surface area contributed by atoms with Crippen molar-refractivity contribution in [2.75, 3.05) is 5.32 Å². The highest BCUT2D eigenvalue weighted by Crippen LogP contribution is 2.24. The van der Waals surface area contributed by atoms with Gasteiger partial charge < -0.3 is 11.1 Å². The molecule has 0 atom stereocenters. The van der Waals surface area contributed by atoms with Crippen LogP contribution in [0.1, 0.15) is 25.7 Å². The molecule has 6 heteroatoms. The number of anilines is 1. The maximum atomic E-state index is 13.7. The van der Waals surface area contributed by atoms with Gasteiger partial charge in [0.25, 0.3) is 5.91 Å². The van der Waals surface area contributed by atoms with Gasteiger partial charge in [-0.15, -0.1) is 11.3 Å². The molecule has 0 fully saturated rings. The van der Waals surface area contributed by atoms with Crippen LogP contribution in [0.2, 0.25) is 0 Å². The molecular formula is C14H13FN2OS2. The third-order valence-corrected chi connectivity index (χ3v) is 4.25. The molecule has 3 N–H and O–H groups in total. The molecule has 2 aromatic rings. The lowest BCUT2D eigenvalue weighted by Gasteiger charge is -2.10. The summed E-state index contributed by atoms with van der Waals surface area (Å²) in [5.74, 6) is -0.844. The minimum absolute atomic E-state index is 0.0563. The third kappa shape index (κ3) is 2.86. The van der Waals surface area contributed by atoms with E-state index in [2.05, 4.69) is 5.32 Å². The molecular weight excluding hydrogens is 295 g/mol. The first-order valence-corrected chi connectivity index (χ1v) is 7.09. The Bertz CT molecular complexity index is 675. The number of hydrogen-bond donors (Lipinski definition) is 2. The monoisotopic (exact) mass is 308 g/mol. The molecule has 1 aromatic carbocycles. The maximum Gasteiger partial charge on any atom is 0.265 e. The normalized spacial score (nSPS) is 10.3. The molecule has 20 heavy (non-hydrogen) atoms. The first kappa shape index (κ1) is 14.6. The summed E-state index contributed by atoms with van der Waals surface area (Å²) in [4.78, 5) is 13.7. The zero-order valence-corrected chi connectivity index (χ0v) is 12.6. The van der Waals surface area contributed by atoms with E-state index in [1.165, 1.54) is 23.5 Å². The molecule has 2 rings (SSSR count). The van der Waals surface area contributed by atoms with E-state index >= 15 is 0 Å². The molecule has 1 amide bonds. The maximum absolute atomic E-state index is 13.7. The standard InChI is InChI=1S/C14H13FN2OS2/c1-7-6-11(20-8(7)2)14(18)17-10-5-3-4-9(15)12(10)13(16)19/h3-6H,1-2H3,(H2,16,19)(H,17,18). The number of thiocarbonyl (C=S) groups is 1. The number of amides is 1. The van der Waals surface area contributed by atoms with Crippen LogP contribution in [0.3, 0.4) is 0 Å². The van der Waals surface area contributed by atoms with Gasteiger partial charge in [0.1, 0.15) is 10.8 Å². The highest BCUT2D eigenvalue weighted by Gasteiger charge is 2.16. The summed E-state index contributed by atoms with van der Waals surface area (Å²) >= 11 is 6.21. The number of nitrogens with one attached hydrogen (secondary N) is 1. The molecule has 0 saturated carbocycles. The number of nitrogens with two attached hydrogens (primary N) is 1. The Labute approximate surface area is 125 Å². The van der Waals surface area contributed by atoms with Crippen molar-refractivity contribution in [3.8, 4) is 0 Å². The average molecular weight is 308 g/mol. The Balaban J connectivity index is 2.33. The molecule has 1 aromatic heterocycles. The number of benzene rings is 1. The number of carbonyl (C=O) groups is 1. The second kappa shape index (κ2) is 5.68. The van der Waals surface area contributed by atoms with Crippen molar-refractivity contribution >= 4 is 40.1 Å². The average Bonchev–Trinajstić information content (AvgIpc) is 2.69. The van der Waals surface area contributed by atoms with Crippen LogP contribution in [0.4, 0.5) is 10.1 Å². The molecule has 0 unspecified atom stereocenters. The molecule has 0 saturated heterocycles. The minimum atomic E-state index is -0.547. The van der Waals surface area contributed by atoms with E-state index in [1.807, 2.05) is 13.8 Å². The summed E-state index contributed by atoms with van der Waals surface area (Å²) in [6.45, 7) is 3.88. The quantitative estimate of drug-likeness (QED) is 0.855. The summed E-state index contributed by atoms with van der Waals surface area (Å²) in [5, 5.41) is 2.65. The second-order valence-electron chi connectivity index (χ2n) is 4.33. The molecule has 0 aliphatic carbocycles. The van der Waals surface area contributed by atoms with E-state index in [-0.39, 0.29) is 22.1 Å². The lowest BCUT2D eigenvalue weighted by molar-refractivity contribution is 0.103. The first-order chi connectivity index (χ1) is 9.40. The van der Waals surface area contributed by atoms with Crippen molar-refractivity contribution in [2.24, 2.45) is 5.73 Å². The van der Waals surface area contributed by atoms with Crippen molar-refractivity contribution in [3.63, 3.8) is 0 Å². The van der Waals surface area contributed by atoms with Gasteiger partial charge in [0, 0.05) is 4.88 Å². The van der Waals surface area contributed by atoms with Crippen LogP contribution < -0.4 is 11.1 Å². The molecule has 1 heterocycles. The van der Waals surface area contributed by atoms with Gasteiger partial charge in [-0.2, -0.15) is 0 Å². The number of thiophene rings is 1. The smallest absolute Gasteiger partial charge is 0.265 e.